The van der Waals surface area contributed by atoms with E-state index in [-0.39, 0.29) is 0 Å². The van der Waals surface area contributed by atoms with Crippen LogP contribution in [0, 0.1) is 0 Å². The summed E-state index contributed by atoms with van der Waals surface area (Å²) in [6.45, 7) is 6.25. The lowest BCUT2D eigenvalue weighted by Crippen LogP contribution is -1.65. The first kappa shape index (κ1) is 8.83. The zero-order valence-corrected chi connectivity index (χ0v) is 7.20. The third kappa shape index (κ3) is 5.71. The van der Waals surface area contributed by atoms with Crippen molar-refractivity contribution in [3.05, 3.63) is 22.6 Å². The molecule has 52 valence electrons. The molecule has 0 heterocycles. The van der Waals surface area contributed by atoms with Crippen LogP contribution in [0.2, 0.25) is 0 Å². The van der Waals surface area contributed by atoms with E-state index in [9.17, 15) is 0 Å². The van der Waals surface area contributed by atoms with Crippen molar-refractivity contribution in [3.8, 4) is 0 Å². The average molecular weight is 142 g/mol. The standard InChI is InChI=1S/C8H14S/c1-4-8(9)6-5-7(2)3/h5-6,9H,4H2,1-3H3/b8-6+. The van der Waals surface area contributed by atoms with Crippen molar-refractivity contribution in [3.63, 3.8) is 0 Å². The van der Waals surface area contributed by atoms with Crippen LogP contribution in [0.3, 0.4) is 0 Å². The zero-order chi connectivity index (χ0) is 7.28. The normalized spacial score (nSPS) is 11.3. The molecular formula is C8H14S. The molecule has 0 amide bonds. The Hall–Kier alpha value is -0.170. The molecule has 0 bridgehead atoms. The Labute approximate surface area is 63.1 Å². The van der Waals surface area contributed by atoms with Crippen molar-refractivity contribution >= 4 is 12.6 Å². The van der Waals surface area contributed by atoms with Gasteiger partial charge in [0.2, 0.25) is 0 Å². The van der Waals surface area contributed by atoms with E-state index in [1.807, 2.05) is 6.08 Å². The van der Waals surface area contributed by atoms with Gasteiger partial charge in [0.1, 0.15) is 0 Å². The first-order valence-corrected chi connectivity index (χ1v) is 3.64. The average Bonchev–Trinajstić information content (AvgIpc) is 1.83. The molecule has 9 heavy (non-hydrogen) atoms. The fourth-order valence-corrected chi connectivity index (χ4v) is 0.455. The van der Waals surface area contributed by atoms with Gasteiger partial charge in [-0.25, -0.2) is 0 Å². The minimum Gasteiger partial charge on any atom is -0.148 e. The molecule has 0 aromatic heterocycles. The van der Waals surface area contributed by atoms with E-state index < -0.39 is 0 Å². The molecule has 0 radical (unpaired) electrons. The highest BCUT2D eigenvalue weighted by atomic mass is 32.1. The maximum atomic E-state index is 4.22. The monoisotopic (exact) mass is 142 g/mol. The molecular weight excluding hydrogens is 128 g/mol. The number of hydrogen-bond donors (Lipinski definition) is 1. The Balaban J connectivity index is 3.83. The Bertz CT molecular complexity index is 128. The molecule has 0 aromatic carbocycles. The molecule has 0 rings (SSSR count). The van der Waals surface area contributed by atoms with E-state index in [0.29, 0.717) is 0 Å². The molecule has 0 spiro atoms. The molecule has 1 heteroatoms. The Morgan fingerprint density at radius 1 is 1.33 bits per heavy atom. The summed E-state index contributed by atoms with van der Waals surface area (Å²) in [6, 6.07) is 0. The quantitative estimate of drug-likeness (QED) is 0.444. The molecule has 0 aliphatic carbocycles. The summed E-state index contributed by atoms with van der Waals surface area (Å²) < 4.78 is 0. The molecule has 0 fully saturated rings. The largest absolute Gasteiger partial charge is 0.148 e. The Kier molecular flexibility index (Phi) is 4.60. The SMILES string of the molecule is CC/C(S)=C\C=C(C)C. The Morgan fingerprint density at radius 2 is 1.89 bits per heavy atom. The maximum absolute atomic E-state index is 4.22. The van der Waals surface area contributed by atoms with E-state index in [4.69, 9.17) is 0 Å². The first-order valence-electron chi connectivity index (χ1n) is 3.19. The minimum atomic E-state index is 1.02. The topological polar surface area (TPSA) is 0 Å². The van der Waals surface area contributed by atoms with Gasteiger partial charge in [0.05, 0.1) is 0 Å². The van der Waals surface area contributed by atoms with Crippen molar-refractivity contribution in [1.82, 2.24) is 0 Å². The van der Waals surface area contributed by atoms with Crippen LogP contribution in [0.1, 0.15) is 27.2 Å². The van der Waals surface area contributed by atoms with E-state index in [1.165, 1.54) is 5.57 Å². The summed E-state index contributed by atoms with van der Waals surface area (Å²) in [5.41, 5.74) is 1.31. The van der Waals surface area contributed by atoms with Gasteiger partial charge in [0.15, 0.2) is 0 Å². The fraction of sp³-hybridized carbons (Fsp3) is 0.500. The van der Waals surface area contributed by atoms with E-state index in [2.05, 4.69) is 39.5 Å². The molecule has 0 aliphatic heterocycles. The highest BCUT2D eigenvalue weighted by Gasteiger charge is 1.79. The number of rotatable bonds is 2. The van der Waals surface area contributed by atoms with E-state index in [0.717, 1.165) is 11.3 Å². The van der Waals surface area contributed by atoms with Crippen molar-refractivity contribution < 1.29 is 0 Å². The molecule has 0 saturated heterocycles. The second-order valence-electron chi connectivity index (χ2n) is 2.26. The van der Waals surface area contributed by atoms with Crippen LogP contribution < -0.4 is 0 Å². The Morgan fingerprint density at radius 3 is 2.22 bits per heavy atom. The predicted molar refractivity (Wildman–Crippen MR) is 46.8 cm³/mol. The predicted octanol–water partition coefficient (Wildman–Crippen LogP) is 3.18. The summed E-state index contributed by atoms with van der Waals surface area (Å²) in [5.74, 6) is 0. The van der Waals surface area contributed by atoms with Crippen LogP contribution in [0.25, 0.3) is 0 Å². The summed E-state index contributed by atoms with van der Waals surface area (Å²) in [5, 5.41) is 0. The second-order valence-corrected chi connectivity index (χ2v) is 2.83. The van der Waals surface area contributed by atoms with Gasteiger partial charge in [-0.1, -0.05) is 24.6 Å². The van der Waals surface area contributed by atoms with Gasteiger partial charge >= 0.3 is 0 Å². The van der Waals surface area contributed by atoms with Crippen molar-refractivity contribution in [2.75, 3.05) is 0 Å². The van der Waals surface area contributed by atoms with Gasteiger partial charge in [-0.3, -0.25) is 0 Å². The van der Waals surface area contributed by atoms with Crippen LogP contribution in [0.5, 0.6) is 0 Å². The van der Waals surface area contributed by atoms with Crippen LogP contribution in [0.15, 0.2) is 22.6 Å². The van der Waals surface area contributed by atoms with Crippen LogP contribution in [0.4, 0.5) is 0 Å². The maximum Gasteiger partial charge on any atom is -0.0187 e. The lowest BCUT2D eigenvalue weighted by Gasteiger charge is -1.88. The third-order valence-corrected chi connectivity index (χ3v) is 1.44. The molecule has 0 N–H and O–H groups in total. The lowest BCUT2D eigenvalue weighted by atomic mass is 10.3. The van der Waals surface area contributed by atoms with E-state index in [1.54, 1.807) is 0 Å². The summed E-state index contributed by atoms with van der Waals surface area (Å²) in [6.07, 6.45) is 5.14. The van der Waals surface area contributed by atoms with Crippen molar-refractivity contribution in [2.45, 2.75) is 27.2 Å². The summed E-state index contributed by atoms with van der Waals surface area (Å²) in [7, 11) is 0. The van der Waals surface area contributed by atoms with Gasteiger partial charge in [-0.15, -0.1) is 12.6 Å². The highest BCUT2D eigenvalue weighted by Crippen LogP contribution is 2.05. The van der Waals surface area contributed by atoms with E-state index >= 15 is 0 Å². The third-order valence-electron chi connectivity index (χ3n) is 0.971. The van der Waals surface area contributed by atoms with Crippen molar-refractivity contribution in [2.24, 2.45) is 0 Å². The van der Waals surface area contributed by atoms with Gasteiger partial charge in [-0.2, -0.15) is 0 Å². The molecule has 0 saturated carbocycles. The van der Waals surface area contributed by atoms with Gasteiger partial charge in [0, 0.05) is 0 Å². The summed E-state index contributed by atoms with van der Waals surface area (Å²) >= 11 is 4.22. The van der Waals surface area contributed by atoms with Crippen LogP contribution in [-0.2, 0) is 0 Å². The zero-order valence-electron chi connectivity index (χ0n) is 6.31. The molecule has 0 aliphatic rings. The van der Waals surface area contributed by atoms with Gasteiger partial charge in [-0.05, 0) is 25.2 Å². The number of allylic oxidation sites excluding steroid dienone is 4. The molecule has 0 atom stereocenters. The second kappa shape index (κ2) is 4.68. The van der Waals surface area contributed by atoms with Crippen LogP contribution in [-0.4, -0.2) is 0 Å². The van der Waals surface area contributed by atoms with Gasteiger partial charge < -0.3 is 0 Å². The van der Waals surface area contributed by atoms with Gasteiger partial charge in [0.25, 0.3) is 0 Å². The molecule has 0 nitrogen and oxygen atoms in total. The molecule has 0 aromatic rings. The summed E-state index contributed by atoms with van der Waals surface area (Å²) in [4.78, 5) is 1.14. The lowest BCUT2D eigenvalue weighted by molar-refractivity contribution is 1.20. The highest BCUT2D eigenvalue weighted by molar-refractivity contribution is 7.84. The first-order chi connectivity index (χ1) is 4.16. The van der Waals surface area contributed by atoms with Crippen molar-refractivity contribution in [1.29, 1.82) is 0 Å². The number of hydrogen-bond acceptors (Lipinski definition) is 1. The van der Waals surface area contributed by atoms with Crippen LogP contribution >= 0.6 is 12.6 Å². The number of thiol groups is 1. The smallest absolute Gasteiger partial charge is 0.0187 e. The molecule has 0 unspecified atom stereocenters. The fourth-order valence-electron chi connectivity index (χ4n) is 0.381. The minimum absolute atomic E-state index is 1.02.